The van der Waals surface area contributed by atoms with Gasteiger partial charge in [0.15, 0.2) is 0 Å². The Balaban J connectivity index is 1.67. The van der Waals surface area contributed by atoms with Crippen LogP contribution in [0.25, 0.3) is 22.0 Å². The number of H-pyrrole nitrogens is 1. The summed E-state index contributed by atoms with van der Waals surface area (Å²) >= 11 is 0. The lowest BCUT2D eigenvalue weighted by atomic mass is 10.0. The second-order valence-electron chi connectivity index (χ2n) is 6.59. The van der Waals surface area contributed by atoms with Gasteiger partial charge in [-0.15, -0.1) is 0 Å². The lowest BCUT2D eigenvalue weighted by Crippen LogP contribution is -2.46. The lowest BCUT2D eigenvalue weighted by molar-refractivity contribution is -0.122. The number of hydrogen-bond acceptors (Lipinski definition) is 2. The second kappa shape index (κ2) is 8.19. The van der Waals surface area contributed by atoms with Crippen molar-refractivity contribution in [3.05, 3.63) is 60.3 Å². The third-order valence-corrected chi connectivity index (χ3v) is 4.95. The summed E-state index contributed by atoms with van der Waals surface area (Å²) in [5, 5.41) is 4.29. The topological polar surface area (TPSA) is 48.1 Å². The fraction of sp³-hybridized carbons (Fsp3) is 0.318. The van der Waals surface area contributed by atoms with E-state index in [4.69, 9.17) is 0 Å². The SMILES string of the molecule is CCN(CC)C(C)NC(=O)Cc1ccc(-c2c[nH]c3ccccc23)cc1. The molecule has 26 heavy (non-hydrogen) atoms. The van der Waals surface area contributed by atoms with Crippen LogP contribution in [0.2, 0.25) is 0 Å². The van der Waals surface area contributed by atoms with Crippen LogP contribution in [0.3, 0.4) is 0 Å². The van der Waals surface area contributed by atoms with Crippen molar-refractivity contribution in [3.8, 4) is 11.1 Å². The number of para-hydroxylation sites is 1. The third kappa shape index (κ3) is 3.97. The number of carbonyl (C=O) groups is 1. The molecule has 4 heteroatoms. The zero-order valence-electron chi connectivity index (χ0n) is 15.8. The summed E-state index contributed by atoms with van der Waals surface area (Å²) < 4.78 is 0. The number of rotatable bonds is 7. The van der Waals surface area contributed by atoms with Crippen molar-refractivity contribution >= 4 is 16.8 Å². The van der Waals surface area contributed by atoms with Gasteiger partial charge in [-0.05, 0) is 37.2 Å². The van der Waals surface area contributed by atoms with Crippen LogP contribution >= 0.6 is 0 Å². The molecule has 2 N–H and O–H groups in total. The first-order valence-electron chi connectivity index (χ1n) is 9.31. The molecule has 1 amide bonds. The number of aromatic nitrogens is 1. The van der Waals surface area contributed by atoms with E-state index in [1.54, 1.807) is 0 Å². The minimum absolute atomic E-state index is 0.0583. The van der Waals surface area contributed by atoms with Gasteiger partial charge in [0, 0.05) is 22.7 Å². The molecule has 0 radical (unpaired) electrons. The molecule has 3 aromatic rings. The molecule has 0 saturated heterocycles. The number of nitrogens with zero attached hydrogens (tertiary/aromatic N) is 1. The van der Waals surface area contributed by atoms with Gasteiger partial charge in [0.25, 0.3) is 0 Å². The van der Waals surface area contributed by atoms with Crippen LogP contribution in [0.4, 0.5) is 0 Å². The van der Waals surface area contributed by atoms with Gasteiger partial charge in [-0.1, -0.05) is 56.3 Å². The van der Waals surface area contributed by atoms with Crippen LogP contribution in [-0.4, -0.2) is 35.0 Å². The van der Waals surface area contributed by atoms with Gasteiger partial charge in [-0.2, -0.15) is 0 Å². The zero-order chi connectivity index (χ0) is 18.5. The third-order valence-electron chi connectivity index (χ3n) is 4.95. The molecule has 0 aliphatic carbocycles. The Bertz CT molecular complexity index is 862. The summed E-state index contributed by atoms with van der Waals surface area (Å²) in [4.78, 5) is 17.8. The minimum Gasteiger partial charge on any atom is -0.361 e. The van der Waals surface area contributed by atoms with Gasteiger partial charge in [0.05, 0.1) is 12.6 Å². The molecule has 0 aliphatic heterocycles. The van der Waals surface area contributed by atoms with Gasteiger partial charge >= 0.3 is 0 Å². The highest BCUT2D eigenvalue weighted by molar-refractivity contribution is 5.95. The van der Waals surface area contributed by atoms with E-state index < -0.39 is 0 Å². The van der Waals surface area contributed by atoms with Crippen molar-refractivity contribution in [1.29, 1.82) is 0 Å². The Morgan fingerprint density at radius 2 is 1.77 bits per heavy atom. The molecule has 1 heterocycles. The molecular formula is C22H27N3O. The van der Waals surface area contributed by atoms with E-state index in [-0.39, 0.29) is 12.1 Å². The van der Waals surface area contributed by atoms with Crippen LogP contribution < -0.4 is 5.32 Å². The van der Waals surface area contributed by atoms with Crippen LogP contribution in [-0.2, 0) is 11.2 Å². The molecule has 1 atom stereocenters. The number of amides is 1. The normalized spacial score (nSPS) is 12.5. The highest BCUT2D eigenvalue weighted by atomic mass is 16.1. The highest BCUT2D eigenvalue weighted by Crippen LogP contribution is 2.28. The molecule has 1 aromatic heterocycles. The van der Waals surface area contributed by atoms with E-state index in [0.29, 0.717) is 6.42 Å². The zero-order valence-corrected chi connectivity index (χ0v) is 15.8. The molecule has 0 aliphatic rings. The summed E-state index contributed by atoms with van der Waals surface area (Å²) in [6.45, 7) is 8.10. The molecule has 0 fully saturated rings. The summed E-state index contributed by atoms with van der Waals surface area (Å²) in [6, 6.07) is 16.5. The lowest BCUT2D eigenvalue weighted by Gasteiger charge is -2.27. The van der Waals surface area contributed by atoms with Crippen molar-refractivity contribution < 1.29 is 4.79 Å². The fourth-order valence-corrected chi connectivity index (χ4v) is 3.44. The van der Waals surface area contributed by atoms with E-state index in [2.05, 4.69) is 59.4 Å². The molecule has 4 nitrogen and oxygen atoms in total. The predicted molar refractivity (Wildman–Crippen MR) is 108 cm³/mol. The molecule has 0 saturated carbocycles. The largest absolute Gasteiger partial charge is 0.361 e. The first kappa shape index (κ1) is 18.2. The average Bonchev–Trinajstić information content (AvgIpc) is 3.07. The molecular weight excluding hydrogens is 322 g/mol. The van der Waals surface area contributed by atoms with Crippen molar-refractivity contribution in [1.82, 2.24) is 15.2 Å². The Labute approximate surface area is 155 Å². The highest BCUT2D eigenvalue weighted by Gasteiger charge is 2.13. The first-order chi connectivity index (χ1) is 12.6. The van der Waals surface area contributed by atoms with Crippen LogP contribution in [0.1, 0.15) is 26.3 Å². The quantitative estimate of drug-likeness (QED) is 0.629. The fourth-order valence-electron chi connectivity index (χ4n) is 3.44. The average molecular weight is 349 g/mol. The molecule has 0 bridgehead atoms. The maximum atomic E-state index is 12.3. The molecule has 2 aromatic carbocycles. The Morgan fingerprint density at radius 1 is 1.08 bits per heavy atom. The second-order valence-corrected chi connectivity index (χ2v) is 6.59. The van der Waals surface area contributed by atoms with Gasteiger partial charge in [-0.3, -0.25) is 9.69 Å². The summed E-state index contributed by atoms with van der Waals surface area (Å²) in [6.07, 6.45) is 2.50. The van der Waals surface area contributed by atoms with E-state index in [9.17, 15) is 4.79 Å². The van der Waals surface area contributed by atoms with Crippen LogP contribution in [0.5, 0.6) is 0 Å². The Hall–Kier alpha value is -2.59. The Kier molecular flexibility index (Phi) is 5.74. The molecule has 3 rings (SSSR count). The van der Waals surface area contributed by atoms with Crippen molar-refractivity contribution in [2.45, 2.75) is 33.4 Å². The maximum absolute atomic E-state index is 12.3. The summed E-state index contributed by atoms with van der Waals surface area (Å²) in [5.74, 6) is 0.0595. The number of aromatic amines is 1. The van der Waals surface area contributed by atoms with Gasteiger partial charge < -0.3 is 10.3 Å². The van der Waals surface area contributed by atoms with Crippen molar-refractivity contribution in [3.63, 3.8) is 0 Å². The first-order valence-corrected chi connectivity index (χ1v) is 9.31. The van der Waals surface area contributed by atoms with Crippen molar-refractivity contribution in [2.24, 2.45) is 0 Å². The van der Waals surface area contributed by atoms with Crippen LogP contribution in [0, 0.1) is 0 Å². The van der Waals surface area contributed by atoms with Gasteiger partial charge in [0.2, 0.25) is 5.91 Å². The van der Waals surface area contributed by atoms with Crippen molar-refractivity contribution in [2.75, 3.05) is 13.1 Å². The van der Waals surface area contributed by atoms with Gasteiger partial charge in [0.1, 0.15) is 0 Å². The smallest absolute Gasteiger partial charge is 0.225 e. The molecule has 136 valence electrons. The van der Waals surface area contributed by atoms with E-state index in [1.807, 2.05) is 31.3 Å². The van der Waals surface area contributed by atoms with Gasteiger partial charge in [-0.25, -0.2) is 0 Å². The Morgan fingerprint density at radius 3 is 2.46 bits per heavy atom. The number of nitrogens with one attached hydrogen (secondary N) is 2. The van der Waals surface area contributed by atoms with E-state index >= 15 is 0 Å². The minimum atomic E-state index is 0.0583. The number of carbonyl (C=O) groups excluding carboxylic acids is 1. The van der Waals surface area contributed by atoms with E-state index in [1.165, 1.54) is 10.9 Å². The molecule has 0 spiro atoms. The number of fused-ring (bicyclic) bond motifs is 1. The predicted octanol–water partition coefficient (Wildman–Crippen LogP) is 4.18. The number of hydrogen-bond donors (Lipinski definition) is 2. The standard InChI is InChI=1S/C22H27N3O/c1-4-25(5-2)16(3)24-22(26)14-17-10-12-18(13-11-17)20-15-23-21-9-7-6-8-19(20)21/h6-13,15-16,23H,4-5,14H2,1-3H3,(H,24,26). The van der Waals surface area contributed by atoms with Crippen LogP contribution in [0.15, 0.2) is 54.7 Å². The molecule has 1 unspecified atom stereocenters. The van der Waals surface area contributed by atoms with E-state index in [0.717, 1.165) is 29.7 Å². The number of benzene rings is 2. The maximum Gasteiger partial charge on any atom is 0.225 e. The summed E-state index contributed by atoms with van der Waals surface area (Å²) in [5.41, 5.74) is 4.50. The monoisotopic (exact) mass is 349 g/mol. The summed E-state index contributed by atoms with van der Waals surface area (Å²) in [7, 11) is 0.